The van der Waals surface area contributed by atoms with Crippen LogP contribution in [0.2, 0.25) is 0 Å². The fraction of sp³-hybridized carbons (Fsp3) is 0.200. The Bertz CT molecular complexity index is 1060. The van der Waals surface area contributed by atoms with Crippen molar-refractivity contribution in [1.29, 1.82) is 0 Å². The van der Waals surface area contributed by atoms with Crippen LogP contribution < -0.4 is 10.1 Å². The summed E-state index contributed by atoms with van der Waals surface area (Å²) in [6.07, 6.45) is 0. The third-order valence-corrected chi connectivity index (χ3v) is 4.04. The molecule has 1 aromatic heterocycles. The predicted octanol–water partition coefficient (Wildman–Crippen LogP) is 4.16. The first-order chi connectivity index (χ1) is 13.8. The minimum Gasteiger partial charge on any atom is -0.436 e. The Kier molecular flexibility index (Phi) is 5.58. The number of nitrogens with one attached hydrogen (secondary N) is 1. The standard InChI is InChI=1S/C20H19FN4O4/c1-12(2)22-19(26)18-13(3)20(24(23-18)14-7-5-4-6-8-14)29-17-10-9-15(25(27)28)11-16(17)21/h4-12H,1-3H3,(H,22,26). The van der Waals surface area contributed by atoms with Gasteiger partial charge < -0.3 is 10.1 Å². The highest BCUT2D eigenvalue weighted by atomic mass is 19.1. The van der Waals surface area contributed by atoms with E-state index >= 15 is 0 Å². The molecule has 0 saturated carbocycles. The molecule has 150 valence electrons. The number of nitrogens with zero attached hydrogens (tertiary/aromatic N) is 3. The number of carbonyl (C=O) groups is 1. The summed E-state index contributed by atoms with van der Waals surface area (Å²) in [6.45, 7) is 5.29. The van der Waals surface area contributed by atoms with E-state index in [1.54, 1.807) is 31.2 Å². The monoisotopic (exact) mass is 398 g/mol. The van der Waals surface area contributed by atoms with E-state index in [4.69, 9.17) is 4.74 Å². The largest absolute Gasteiger partial charge is 0.436 e. The van der Waals surface area contributed by atoms with E-state index in [0.717, 1.165) is 12.1 Å². The van der Waals surface area contributed by atoms with Crippen molar-refractivity contribution in [1.82, 2.24) is 15.1 Å². The molecule has 0 fully saturated rings. The van der Waals surface area contributed by atoms with Gasteiger partial charge in [0.1, 0.15) is 0 Å². The zero-order valence-corrected chi connectivity index (χ0v) is 16.0. The van der Waals surface area contributed by atoms with E-state index in [2.05, 4.69) is 10.4 Å². The molecular formula is C20H19FN4O4. The number of ether oxygens (including phenoxy) is 1. The first kappa shape index (κ1) is 20.0. The average molecular weight is 398 g/mol. The minimum atomic E-state index is -0.896. The van der Waals surface area contributed by atoms with Gasteiger partial charge in [0.25, 0.3) is 11.6 Å². The molecule has 0 atom stereocenters. The van der Waals surface area contributed by atoms with Gasteiger partial charge in [-0.1, -0.05) is 18.2 Å². The highest BCUT2D eigenvalue weighted by Crippen LogP contribution is 2.32. The van der Waals surface area contributed by atoms with Crippen molar-refractivity contribution in [2.45, 2.75) is 26.8 Å². The van der Waals surface area contributed by atoms with E-state index < -0.39 is 10.7 Å². The summed E-state index contributed by atoms with van der Waals surface area (Å²) in [4.78, 5) is 22.6. The first-order valence-corrected chi connectivity index (χ1v) is 8.85. The predicted molar refractivity (Wildman–Crippen MR) is 104 cm³/mol. The van der Waals surface area contributed by atoms with Crippen LogP contribution in [0.25, 0.3) is 5.69 Å². The van der Waals surface area contributed by atoms with Crippen molar-refractivity contribution in [3.8, 4) is 17.3 Å². The summed E-state index contributed by atoms with van der Waals surface area (Å²) in [5.74, 6) is -1.36. The van der Waals surface area contributed by atoms with Crippen LogP contribution >= 0.6 is 0 Å². The normalized spacial score (nSPS) is 10.8. The Balaban J connectivity index is 2.08. The number of non-ortho nitro benzene ring substituents is 1. The zero-order chi connectivity index (χ0) is 21.1. The molecule has 1 N–H and O–H groups in total. The molecule has 1 heterocycles. The van der Waals surface area contributed by atoms with Gasteiger partial charge in [-0.2, -0.15) is 9.78 Å². The third-order valence-electron chi connectivity index (χ3n) is 4.04. The number of benzene rings is 2. The molecule has 8 nitrogen and oxygen atoms in total. The van der Waals surface area contributed by atoms with Gasteiger partial charge in [0, 0.05) is 17.7 Å². The lowest BCUT2D eigenvalue weighted by Crippen LogP contribution is -2.30. The number of rotatable bonds is 6. The van der Waals surface area contributed by atoms with Gasteiger partial charge in [0.2, 0.25) is 5.88 Å². The molecule has 0 unspecified atom stereocenters. The van der Waals surface area contributed by atoms with Gasteiger partial charge in [-0.05, 0) is 39.0 Å². The van der Waals surface area contributed by atoms with Crippen LogP contribution in [0.15, 0.2) is 48.5 Å². The van der Waals surface area contributed by atoms with Gasteiger partial charge in [0.05, 0.1) is 16.7 Å². The van der Waals surface area contributed by atoms with E-state index in [1.165, 1.54) is 10.7 Å². The van der Waals surface area contributed by atoms with Crippen LogP contribution in [0, 0.1) is 22.9 Å². The maximum absolute atomic E-state index is 14.4. The van der Waals surface area contributed by atoms with Crippen LogP contribution in [-0.2, 0) is 0 Å². The Morgan fingerprint density at radius 2 is 1.93 bits per heavy atom. The fourth-order valence-electron chi connectivity index (χ4n) is 2.68. The zero-order valence-electron chi connectivity index (χ0n) is 16.0. The lowest BCUT2D eigenvalue weighted by atomic mass is 10.2. The van der Waals surface area contributed by atoms with Crippen molar-refractivity contribution >= 4 is 11.6 Å². The molecule has 9 heteroatoms. The third kappa shape index (κ3) is 4.23. The second-order valence-corrected chi connectivity index (χ2v) is 6.63. The Morgan fingerprint density at radius 3 is 2.52 bits per heavy atom. The molecule has 29 heavy (non-hydrogen) atoms. The molecule has 0 saturated heterocycles. The second-order valence-electron chi connectivity index (χ2n) is 6.63. The van der Waals surface area contributed by atoms with Crippen molar-refractivity contribution in [2.24, 2.45) is 0 Å². The number of nitro groups is 1. The summed E-state index contributed by atoms with van der Waals surface area (Å²) >= 11 is 0. The molecular weight excluding hydrogens is 379 g/mol. The molecule has 1 amide bonds. The molecule has 0 aliphatic heterocycles. The Hall–Kier alpha value is -3.75. The summed E-state index contributed by atoms with van der Waals surface area (Å²) < 4.78 is 21.5. The van der Waals surface area contributed by atoms with Gasteiger partial charge in [-0.25, -0.2) is 4.39 Å². The van der Waals surface area contributed by atoms with Gasteiger partial charge in [-0.15, -0.1) is 0 Å². The quantitative estimate of drug-likeness (QED) is 0.496. The molecule has 3 aromatic rings. The number of para-hydroxylation sites is 1. The van der Waals surface area contributed by atoms with Crippen molar-refractivity contribution < 1.29 is 18.8 Å². The number of aromatic nitrogens is 2. The highest BCUT2D eigenvalue weighted by Gasteiger charge is 2.24. The first-order valence-electron chi connectivity index (χ1n) is 8.85. The molecule has 0 aliphatic carbocycles. The number of amides is 1. The van der Waals surface area contributed by atoms with Gasteiger partial charge in [-0.3, -0.25) is 14.9 Å². The topological polar surface area (TPSA) is 99.3 Å². The van der Waals surface area contributed by atoms with E-state index in [9.17, 15) is 19.3 Å². The summed E-state index contributed by atoms with van der Waals surface area (Å²) in [6, 6.07) is 11.9. The second kappa shape index (κ2) is 8.09. The molecule has 0 radical (unpaired) electrons. The fourth-order valence-corrected chi connectivity index (χ4v) is 2.68. The van der Waals surface area contributed by atoms with Crippen LogP contribution in [0.5, 0.6) is 11.6 Å². The van der Waals surface area contributed by atoms with Crippen LogP contribution in [0.1, 0.15) is 29.9 Å². The van der Waals surface area contributed by atoms with Crippen molar-refractivity contribution in [3.05, 3.63) is 75.7 Å². The number of carbonyl (C=O) groups excluding carboxylic acids is 1. The van der Waals surface area contributed by atoms with Gasteiger partial charge in [0.15, 0.2) is 17.3 Å². The summed E-state index contributed by atoms with van der Waals surface area (Å²) in [5.41, 5.74) is 0.765. The lowest BCUT2D eigenvalue weighted by Gasteiger charge is -2.10. The lowest BCUT2D eigenvalue weighted by molar-refractivity contribution is -0.385. The van der Waals surface area contributed by atoms with E-state index in [0.29, 0.717) is 11.3 Å². The SMILES string of the molecule is Cc1c(C(=O)NC(C)C)nn(-c2ccccc2)c1Oc1ccc([N+](=O)[O-])cc1F. The Labute approximate surface area is 166 Å². The maximum atomic E-state index is 14.4. The van der Waals surface area contributed by atoms with E-state index in [-0.39, 0.29) is 35.0 Å². The van der Waals surface area contributed by atoms with Crippen LogP contribution in [0.4, 0.5) is 10.1 Å². The number of hydrogen-bond donors (Lipinski definition) is 1. The molecule has 3 rings (SSSR count). The van der Waals surface area contributed by atoms with Crippen LogP contribution in [0.3, 0.4) is 0 Å². The molecule has 0 bridgehead atoms. The molecule has 2 aromatic carbocycles. The van der Waals surface area contributed by atoms with Crippen LogP contribution in [-0.4, -0.2) is 26.7 Å². The number of hydrogen-bond acceptors (Lipinski definition) is 5. The number of nitro benzene ring substituents is 1. The highest BCUT2D eigenvalue weighted by molar-refractivity contribution is 5.94. The minimum absolute atomic E-state index is 0.0970. The summed E-state index contributed by atoms with van der Waals surface area (Å²) in [5, 5.41) is 17.9. The van der Waals surface area contributed by atoms with E-state index in [1.807, 2.05) is 19.9 Å². The van der Waals surface area contributed by atoms with Crippen molar-refractivity contribution in [3.63, 3.8) is 0 Å². The van der Waals surface area contributed by atoms with Gasteiger partial charge >= 0.3 is 0 Å². The smallest absolute Gasteiger partial charge is 0.272 e. The van der Waals surface area contributed by atoms with Crippen molar-refractivity contribution in [2.75, 3.05) is 0 Å². The maximum Gasteiger partial charge on any atom is 0.272 e. The Morgan fingerprint density at radius 1 is 1.24 bits per heavy atom. The molecule has 0 spiro atoms. The number of halogens is 1. The summed E-state index contributed by atoms with van der Waals surface area (Å²) in [7, 11) is 0. The average Bonchev–Trinajstić information content (AvgIpc) is 3.00. The molecule has 0 aliphatic rings.